The molecule has 4 nitrogen and oxygen atoms in total. The Labute approximate surface area is 181 Å². The van der Waals surface area contributed by atoms with Crippen LogP contribution in [0.5, 0.6) is 5.75 Å². The van der Waals surface area contributed by atoms with Gasteiger partial charge >= 0.3 is 0 Å². The van der Waals surface area contributed by atoms with Crippen molar-refractivity contribution in [1.82, 2.24) is 5.32 Å². The lowest BCUT2D eigenvalue weighted by molar-refractivity contribution is -0.127. The number of hydrogen-bond acceptors (Lipinski definition) is 3. The maximum Gasteiger partial charge on any atom is 0.261 e. The first-order valence-electron chi connectivity index (χ1n) is 11.1. The fourth-order valence-electron chi connectivity index (χ4n) is 4.18. The summed E-state index contributed by atoms with van der Waals surface area (Å²) in [5.74, 6) is 1.43. The van der Waals surface area contributed by atoms with Crippen LogP contribution in [0.3, 0.4) is 0 Å². The minimum absolute atomic E-state index is 0.0711. The van der Waals surface area contributed by atoms with Crippen LogP contribution in [-0.2, 0) is 4.79 Å². The van der Waals surface area contributed by atoms with Gasteiger partial charge in [0.1, 0.15) is 5.75 Å². The van der Waals surface area contributed by atoms with E-state index in [-0.39, 0.29) is 11.9 Å². The molecule has 30 heavy (non-hydrogen) atoms. The van der Waals surface area contributed by atoms with Crippen LogP contribution in [0, 0.1) is 26.7 Å². The highest BCUT2D eigenvalue weighted by atomic mass is 16.5. The van der Waals surface area contributed by atoms with E-state index in [0.717, 1.165) is 41.4 Å². The molecule has 0 aliphatic carbocycles. The first-order valence-corrected chi connectivity index (χ1v) is 11.1. The highest BCUT2D eigenvalue weighted by Crippen LogP contribution is 2.26. The Bertz CT molecular complexity index is 875. The number of nitrogens with zero attached hydrogens (tertiary/aromatic N) is 1. The number of rotatable bonds is 6. The quantitative estimate of drug-likeness (QED) is 0.687. The number of nitrogens with one attached hydrogen (secondary N) is 1. The number of hydrogen-bond donors (Lipinski definition) is 1. The zero-order valence-corrected chi connectivity index (χ0v) is 19.3. The van der Waals surface area contributed by atoms with Crippen molar-refractivity contribution >= 4 is 11.6 Å². The predicted molar refractivity (Wildman–Crippen MR) is 124 cm³/mol. The summed E-state index contributed by atoms with van der Waals surface area (Å²) in [4.78, 5) is 15.2. The Morgan fingerprint density at radius 1 is 1.13 bits per heavy atom. The molecule has 3 atom stereocenters. The third-order valence-electron chi connectivity index (χ3n) is 6.21. The molecular weight excluding hydrogens is 372 g/mol. The van der Waals surface area contributed by atoms with Gasteiger partial charge in [0.2, 0.25) is 0 Å². The van der Waals surface area contributed by atoms with E-state index >= 15 is 0 Å². The molecule has 0 radical (unpaired) electrons. The fraction of sp³-hybridized carbons (Fsp3) is 0.500. The van der Waals surface area contributed by atoms with Crippen molar-refractivity contribution in [3.63, 3.8) is 0 Å². The molecule has 1 fully saturated rings. The summed E-state index contributed by atoms with van der Waals surface area (Å²) >= 11 is 0. The van der Waals surface area contributed by atoms with Gasteiger partial charge in [-0.15, -0.1) is 0 Å². The summed E-state index contributed by atoms with van der Waals surface area (Å²) in [5, 5.41) is 3.09. The first-order chi connectivity index (χ1) is 14.2. The van der Waals surface area contributed by atoms with E-state index in [1.807, 2.05) is 26.8 Å². The smallest absolute Gasteiger partial charge is 0.261 e. The van der Waals surface area contributed by atoms with Gasteiger partial charge in [-0.25, -0.2) is 0 Å². The van der Waals surface area contributed by atoms with Crippen molar-refractivity contribution in [3.05, 3.63) is 58.7 Å². The van der Waals surface area contributed by atoms with Crippen molar-refractivity contribution in [3.8, 4) is 5.75 Å². The molecule has 2 aromatic rings. The molecular formula is C26H36N2O2. The van der Waals surface area contributed by atoms with E-state index in [1.54, 1.807) is 6.92 Å². The molecule has 0 saturated carbocycles. The van der Waals surface area contributed by atoms with Crippen LogP contribution in [0.2, 0.25) is 0 Å². The van der Waals surface area contributed by atoms with Gasteiger partial charge in [-0.3, -0.25) is 4.79 Å². The molecule has 162 valence electrons. The lowest BCUT2D eigenvalue weighted by atomic mass is 9.99. The molecule has 3 rings (SSSR count). The van der Waals surface area contributed by atoms with Gasteiger partial charge in [0.25, 0.3) is 5.91 Å². The molecule has 0 unspecified atom stereocenters. The molecule has 1 N–H and O–H groups in total. The second-order valence-electron chi connectivity index (χ2n) is 8.98. The number of carbonyl (C=O) groups excluding carboxylic acids is 1. The Hall–Kier alpha value is -2.49. The van der Waals surface area contributed by atoms with Crippen LogP contribution in [-0.4, -0.2) is 25.1 Å². The van der Waals surface area contributed by atoms with Gasteiger partial charge in [-0.05, 0) is 93.8 Å². The molecule has 1 amide bonds. The lowest BCUT2D eigenvalue weighted by Crippen LogP contribution is -2.38. The third kappa shape index (κ3) is 5.35. The second kappa shape index (κ2) is 9.55. The van der Waals surface area contributed by atoms with Crippen LogP contribution >= 0.6 is 0 Å². The molecule has 1 heterocycles. The molecule has 1 aliphatic heterocycles. The third-order valence-corrected chi connectivity index (χ3v) is 6.21. The average molecular weight is 409 g/mol. The summed E-state index contributed by atoms with van der Waals surface area (Å²) in [6, 6.07) is 12.7. The monoisotopic (exact) mass is 408 g/mol. The van der Waals surface area contributed by atoms with Crippen molar-refractivity contribution in [2.24, 2.45) is 5.92 Å². The van der Waals surface area contributed by atoms with Crippen LogP contribution < -0.4 is 15.0 Å². The van der Waals surface area contributed by atoms with E-state index < -0.39 is 6.10 Å². The van der Waals surface area contributed by atoms with E-state index in [1.165, 1.54) is 24.1 Å². The Morgan fingerprint density at radius 3 is 2.50 bits per heavy atom. The Morgan fingerprint density at radius 2 is 1.83 bits per heavy atom. The second-order valence-corrected chi connectivity index (χ2v) is 8.98. The Balaban J connectivity index is 1.59. The summed E-state index contributed by atoms with van der Waals surface area (Å²) in [6.07, 6.45) is 2.02. The number of aryl methyl sites for hydroxylation is 2. The summed E-state index contributed by atoms with van der Waals surface area (Å²) in [6.45, 7) is 14.5. The molecule has 0 bridgehead atoms. The number of ether oxygens (including phenoxy) is 1. The van der Waals surface area contributed by atoms with Gasteiger partial charge in [0.05, 0.1) is 6.04 Å². The van der Waals surface area contributed by atoms with Gasteiger partial charge in [-0.1, -0.05) is 25.1 Å². The number of amides is 1. The normalized spacial score (nSPS) is 18.6. The zero-order valence-electron chi connectivity index (χ0n) is 19.3. The first kappa shape index (κ1) is 22.2. The number of piperidine rings is 1. The molecule has 1 aliphatic rings. The largest absolute Gasteiger partial charge is 0.481 e. The minimum Gasteiger partial charge on any atom is -0.481 e. The highest BCUT2D eigenvalue weighted by Gasteiger charge is 2.20. The number of carbonyl (C=O) groups is 1. The predicted octanol–water partition coefficient (Wildman–Crippen LogP) is 5.49. The van der Waals surface area contributed by atoms with E-state index in [4.69, 9.17) is 4.74 Å². The maximum atomic E-state index is 12.7. The van der Waals surface area contributed by atoms with Crippen LogP contribution in [0.1, 0.15) is 61.9 Å². The molecule has 0 spiro atoms. The van der Waals surface area contributed by atoms with E-state index in [2.05, 4.69) is 54.4 Å². The van der Waals surface area contributed by atoms with Crippen molar-refractivity contribution in [1.29, 1.82) is 0 Å². The topological polar surface area (TPSA) is 41.6 Å². The van der Waals surface area contributed by atoms with Gasteiger partial charge in [0.15, 0.2) is 6.10 Å². The van der Waals surface area contributed by atoms with Crippen molar-refractivity contribution < 1.29 is 9.53 Å². The molecule has 2 aromatic carbocycles. The summed E-state index contributed by atoms with van der Waals surface area (Å²) in [5.41, 5.74) is 5.76. The average Bonchev–Trinajstić information content (AvgIpc) is 2.71. The van der Waals surface area contributed by atoms with Gasteiger partial charge < -0.3 is 15.0 Å². The zero-order chi connectivity index (χ0) is 21.8. The number of benzene rings is 2. The molecule has 0 aromatic heterocycles. The minimum atomic E-state index is -0.554. The van der Waals surface area contributed by atoms with Gasteiger partial charge in [-0.2, -0.15) is 0 Å². The van der Waals surface area contributed by atoms with Crippen LogP contribution in [0.25, 0.3) is 0 Å². The van der Waals surface area contributed by atoms with Crippen LogP contribution in [0.15, 0.2) is 36.4 Å². The van der Waals surface area contributed by atoms with Crippen molar-refractivity contribution in [2.45, 2.75) is 66.5 Å². The maximum absolute atomic E-state index is 12.7. The SMILES string of the molecule is Cc1cc(C)c(C)c(O[C@@H](C)C(=O)N[C@H](C)c2ccc(N3CCC[C@@H](C)C3)cc2)c1. The van der Waals surface area contributed by atoms with Crippen LogP contribution in [0.4, 0.5) is 5.69 Å². The van der Waals surface area contributed by atoms with Gasteiger partial charge in [0, 0.05) is 18.8 Å². The molecule has 1 saturated heterocycles. The van der Waals surface area contributed by atoms with E-state index in [0.29, 0.717) is 0 Å². The summed E-state index contributed by atoms with van der Waals surface area (Å²) in [7, 11) is 0. The summed E-state index contributed by atoms with van der Waals surface area (Å²) < 4.78 is 6.00. The Kier molecular flexibility index (Phi) is 7.06. The standard InChI is InChI=1S/C26H36N2O2/c1-17-8-7-13-28(16-17)24-11-9-23(10-12-24)21(5)27-26(29)22(6)30-25-15-18(2)14-19(3)20(25)4/h9-12,14-15,17,21-22H,7-8,13,16H2,1-6H3,(H,27,29)/t17-,21-,22+/m1/s1. The molecule has 4 heteroatoms. The lowest BCUT2D eigenvalue weighted by Gasteiger charge is -2.33. The fourth-order valence-corrected chi connectivity index (χ4v) is 4.18. The number of anilines is 1. The van der Waals surface area contributed by atoms with Crippen molar-refractivity contribution in [2.75, 3.05) is 18.0 Å². The van der Waals surface area contributed by atoms with E-state index in [9.17, 15) is 4.79 Å². The highest BCUT2D eigenvalue weighted by molar-refractivity contribution is 5.81.